The van der Waals surface area contributed by atoms with Crippen molar-refractivity contribution >= 4 is 51.7 Å². The molecule has 1 amide bonds. The standard InChI is InChI=1S/C27H28N4O4S2/c1-3-4-5-6-11-28-23-19(25(32)30-12-7-8-17(2)24(30)29-23)14-22-26(33)31(27(36)37-22)15-18-9-10-20-21(13-18)35-16-34-20/h7-10,12-14,28H,3-6,11,15-16H2,1-2H3/b22-14+. The van der Waals surface area contributed by atoms with Gasteiger partial charge in [0, 0.05) is 12.7 Å². The van der Waals surface area contributed by atoms with Crippen LogP contribution in [0, 0.1) is 6.92 Å². The molecule has 37 heavy (non-hydrogen) atoms. The average molecular weight is 537 g/mol. The molecule has 3 aromatic rings. The minimum absolute atomic E-state index is 0.187. The number of rotatable bonds is 9. The van der Waals surface area contributed by atoms with Crippen LogP contribution in [0.1, 0.15) is 49.3 Å². The predicted octanol–water partition coefficient (Wildman–Crippen LogP) is 5.13. The molecule has 1 fully saturated rings. The number of thiocarbonyl (C=S) groups is 1. The van der Waals surface area contributed by atoms with Crippen LogP contribution in [0.5, 0.6) is 11.5 Å². The van der Waals surface area contributed by atoms with Crippen LogP contribution in [-0.4, -0.2) is 37.8 Å². The van der Waals surface area contributed by atoms with E-state index in [1.54, 1.807) is 12.3 Å². The van der Waals surface area contributed by atoms with Gasteiger partial charge >= 0.3 is 0 Å². The van der Waals surface area contributed by atoms with E-state index in [2.05, 4.69) is 12.2 Å². The summed E-state index contributed by atoms with van der Waals surface area (Å²) in [6.45, 7) is 5.28. The van der Waals surface area contributed by atoms with Crippen molar-refractivity contribution in [2.45, 2.75) is 46.1 Å². The van der Waals surface area contributed by atoms with E-state index in [1.807, 2.05) is 37.3 Å². The summed E-state index contributed by atoms with van der Waals surface area (Å²) in [7, 11) is 0. The average Bonchev–Trinajstić information content (AvgIpc) is 3.46. The Balaban J connectivity index is 1.45. The second kappa shape index (κ2) is 10.9. The van der Waals surface area contributed by atoms with Crippen molar-refractivity contribution in [3.05, 3.63) is 68.5 Å². The Morgan fingerprint density at radius 2 is 2.00 bits per heavy atom. The van der Waals surface area contributed by atoms with E-state index in [0.29, 0.717) is 50.8 Å². The maximum Gasteiger partial charge on any atom is 0.267 e. The monoisotopic (exact) mass is 536 g/mol. The van der Waals surface area contributed by atoms with Gasteiger partial charge in [0.1, 0.15) is 15.8 Å². The van der Waals surface area contributed by atoms with Crippen molar-refractivity contribution in [1.82, 2.24) is 14.3 Å². The van der Waals surface area contributed by atoms with Gasteiger partial charge in [-0.05, 0) is 48.7 Å². The quantitative estimate of drug-likeness (QED) is 0.229. The number of pyridine rings is 1. The van der Waals surface area contributed by atoms with Crippen LogP contribution in [0.4, 0.5) is 5.82 Å². The van der Waals surface area contributed by atoms with Crippen molar-refractivity contribution in [2.24, 2.45) is 0 Å². The third kappa shape index (κ3) is 5.21. The summed E-state index contributed by atoms with van der Waals surface area (Å²) in [6, 6.07) is 9.31. The van der Waals surface area contributed by atoms with Crippen molar-refractivity contribution < 1.29 is 14.3 Å². The Labute approximate surface area is 224 Å². The number of thioether (sulfide) groups is 1. The van der Waals surface area contributed by atoms with Crippen LogP contribution in [0.2, 0.25) is 0 Å². The van der Waals surface area contributed by atoms with Crippen molar-refractivity contribution in [3.63, 3.8) is 0 Å². The van der Waals surface area contributed by atoms with Crippen LogP contribution in [0.3, 0.4) is 0 Å². The van der Waals surface area contributed by atoms with Gasteiger partial charge in [-0.25, -0.2) is 4.98 Å². The molecule has 2 aliphatic heterocycles. The zero-order chi connectivity index (χ0) is 25.9. The number of benzene rings is 1. The molecule has 192 valence electrons. The fraction of sp³-hybridized carbons (Fsp3) is 0.333. The van der Waals surface area contributed by atoms with Gasteiger partial charge in [0.05, 0.1) is 17.0 Å². The summed E-state index contributed by atoms with van der Waals surface area (Å²) >= 11 is 6.73. The molecule has 0 spiro atoms. The lowest BCUT2D eigenvalue weighted by atomic mass is 10.2. The van der Waals surface area contributed by atoms with Gasteiger partial charge < -0.3 is 14.8 Å². The largest absolute Gasteiger partial charge is 0.454 e. The highest BCUT2D eigenvalue weighted by Crippen LogP contribution is 2.36. The van der Waals surface area contributed by atoms with Crippen LogP contribution < -0.4 is 20.3 Å². The van der Waals surface area contributed by atoms with Gasteiger partial charge in [0.25, 0.3) is 11.5 Å². The van der Waals surface area contributed by atoms with Crippen molar-refractivity contribution in [2.75, 3.05) is 18.7 Å². The highest BCUT2D eigenvalue weighted by Gasteiger charge is 2.33. The molecule has 2 aliphatic rings. The number of fused-ring (bicyclic) bond motifs is 2. The van der Waals surface area contributed by atoms with E-state index in [1.165, 1.54) is 21.1 Å². The fourth-order valence-corrected chi connectivity index (χ4v) is 5.56. The summed E-state index contributed by atoms with van der Waals surface area (Å²) in [5, 5.41) is 3.35. The topological polar surface area (TPSA) is 85.2 Å². The first-order valence-corrected chi connectivity index (χ1v) is 13.6. The SMILES string of the molecule is CCCCCCNc1nc2c(C)cccn2c(=O)c1/C=C1/SC(=S)N(Cc2ccc3c(c2)OCO3)C1=O. The van der Waals surface area contributed by atoms with Gasteiger partial charge in [-0.2, -0.15) is 0 Å². The number of amides is 1. The molecule has 8 nitrogen and oxygen atoms in total. The van der Waals surface area contributed by atoms with Crippen molar-refractivity contribution in [3.8, 4) is 11.5 Å². The summed E-state index contributed by atoms with van der Waals surface area (Å²) in [4.78, 5) is 33.6. The maximum absolute atomic E-state index is 13.5. The summed E-state index contributed by atoms with van der Waals surface area (Å²) < 4.78 is 12.8. The molecule has 0 atom stereocenters. The van der Waals surface area contributed by atoms with E-state index in [4.69, 9.17) is 26.7 Å². The lowest BCUT2D eigenvalue weighted by molar-refractivity contribution is -0.122. The Hall–Kier alpha value is -3.37. The van der Waals surface area contributed by atoms with Gasteiger partial charge in [0.2, 0.25) is 6.79 Å². The molecule has 4 heterocycles. The first-order chi connectivity index (χ1) is 18.0. The van der Waals surface area contributed by atoms with Gasteiger partial charge in [-0.1, -0.05) is 62.3 Å². The molecule has 10 heteroatoms. The Morgan fingerprint density at radius 3 is 2.84 bits per heavy atom. The van der Waals surface area contributed by atoms with E-state index >= 15 is 0 Å². The number of anilines is 1. The number of hydrogen-bond donors (Lipinski definition) is 1. The maximum atomic E-state index is 13.5. The number of ether oxygens (including phenoxy) is 2. The molecule has 0 bridgehead atoms. The lowest BCUT2D eigenvalue weighted by Crippen LogP contribution is -2.27. The molecule has 0 unspecified atom stereocenters. The van der Waals surface area contributed by atoms with Gasteiger partial charge in [-0.15, -0.1) is 0 Å². The summed E-state index contributed by atoms with van der Waals surface area (Å²) in [5.41, 5.74) is 2.48. The van der Waals surface area contributed by atoms with Crippen LogP contribution >= 0.6 is 24.0 Å². The molecule has 0 aliphatic carbocycles. The highest BCUT2D eigenvalue weighted by molar-refractivity contribution is 8.26. The Bertz CT molecular complexity index is 1470. The normalized spacial score (nSPS) is 15.8. The minimum atomic E-state index is -0.240. The first-order valence-electron chi connectivity index (χ1n) is 12.4. The van der Waals surface area contributed by atoms with E-state index < -0.39 is 0 Å². The molecular formula is C27H28N4O4S2. The zero-order valence-corrected chi connectivity index (χ0v) is 22.4. The molecule has 1 aromatic carbocycles. The summed E-state index contributed by atoms with van der Waals surface area (Å²) in [6.07, 6.45) is 7.70. The molecule has 1 saturated heterocycles. The molecular weight excluding hydrogens is 508 g/mol. The Kier molecular flexibility index (Phi) is 7.48. The van der Waals surface area contributed by atoms with E-state index in [-0.39, 0.29) is 18.3 Å². The third-order valence-corrected chi connectivity index (χ3v) is 7.71. The minimum Gasteiger partial charge on any atom is -0.454 e. The number of aromatic nitrogens is 2. The zero-order valence-electron chi connectivity index (χ0n) is 20.8. The molecule has 0 saturated carbocycles. The molecule has 1 N–H and O–H groups in total. The van der Waals surface area contributed by atoms with Gasteiger partial charge in [-0.3, -0.25) is 18.9 Å². The van der Waals surface area contributed by atoms with Gasteiger partial charge in [0.15, 0.2) is 11.5 Å². The molecule has 5 rings (SSSR count). The Morgan fingerprint density at radius 1 is 1.16 bits per heavy atom. The highest BCUT2D eigenvalue weighted by atomic mass is 32.2. The lowest BCUT2D eigenvalue weighted by Gasteiger charge is -2.15. The number of hydrogen-bond acceptors (Lipinski definition) is 8. The number of unbranched alkanes of at least 4 members (excludes halogenated alkanes) is 3. The number of aryl methyl sites for hydroxylation is 1. The van der Waals surface area contributed by atoms with Crippen LogP contribution in [0.25, 0.3) is 11.7 Å². The predicted molar refractivity (Wildman–Crippen MR) is 150 cm³/mol. The summed E-state index contributed by atoms with van der Waals surface area (Å²) in [5.74, 6) is 1.58. The number of carbonyl (C=O) groups is 1. The number of nitrogens with one attached hydrogen (secondary N) is 1. The van der Waals surface area contributed by atoms with E-state index in [0.717, 1.165) is 36.8 Å². The molecule has 0 radical (unpaired) electrons. The first kappa shape index (κ1) is 25.3. The van der Waals surface area contributed by atoms with Crippen LogP contribution in [0.15, 0.2) is 46.2 Å². The van der Waals surface area contributed by atoms with Crippen molar-refractivity contribution in [1.29, 1.82) is 0 Å². The second-order valence-electron chi connectivity index (χ2n) is 9.01. The number of nitrogens with zero attached hydrogens (tertiary/aromatic N) is 3. The fourth-order valence-electron chi connectivity index (χ4n) is 4.32. The second-order valence-corrected chi connectivity index (χ2v) is 10.7. The van der Waals surface area contributed by atoms with E-state index in [9.17, 15) is 9.59 Å². The number of carbonyl (C=O) groups excluding carboxylic acids is 1. The van der Waals surface area contributed by atoms with Crippen LogP contribution in [-0.2, 0) is 11.3 Å². The molecule has 2 aromatic heterocycles. The third-order valence-electron chi connectivity index (χ3n) is 6.33. The smallest absolute Gasteiger partial charge is 0.267 e.